The molecule has 0 aliphatic heterocycles. The van der Waals surface area contributed by atoms with Gasteiger partial charge in [0.1, 0.15) is 5.82 Å². The molecule has 0 aliphatic rings. The molecule has 0 aliphatic carbocycles. The minimum Gasteiger partial charge on any atom is -0.350 e. The number of halogens is 2. The van der Waals surface area contributed by atoms with Crippen molar-refractivity contribution in [1.82, 2.24) is 5.32 Å². The molecule has 0 aromatic heterocycles. The number of nitrogens with two attached hydrogens (primary N) is 1. The Balaban J connectivity index is 2.78. The van der Waals surface area contributed by atoms with E-state index in [1.165, 1.54) is 6.07 Å². The van der Waals surface area contributed by atoms with Crippen LogP contribution in [0.3, 0.4) is 0 Å². The second-order valence-corrected chi connectivity index (χ2v) is 5.13. The first-order valence-electron chi connectivity index (χ1n) is 4.82. The predicted octanol–water partition coefficient (Wildman–Crippen LogP) is 2.06. The first-order valence-corrected chi connectivity index (χ1v) is 5.61. The molecule has 0 spiro atoms. The molecule has 0 saturated heterocycles. The second-order valence-electron chi connectivity index (χ2n) is 4.27. The SMILES string of the molecule is CC(C)(N)CNC(=O)c1cccc(Br)c1F. The largest absolute Gasteiger partial charge is 0.350 e. The van der Waals surface area contributed by atoms with Gasteiger partial charge < -0.3 is 11.1 Å². The van der Waals surface area contributed by atoms with E-state index in [2.05, 4.69) is 21.2 Å². The van der Waals surface area contributed by atoms with Crippen molar-refractivity contribution in [2.24, 2.45) is 5.73 Å². The maximum atomic E-state index is 13.5. The molecule has 0 fully saturated rings. The van der Waals surface area contributed by atoms with Gasteiger partial charge in [-0.25, -0.2) is 4.39 Å². The quantitative estimate of drug-likeness (QED) is 0.895. The third-order valence-electron chi connectivity index (χ3n) is 1.90. The van der Waals surface area contributed by atoms with Crippen LogP contribution in [0.15, 0.2) is 22.7 Å². The predicted molar refractivity (Wildman–Crippen MR) is 64.7 cm³/mol. The third kappa shape index (κ3) is 3.57. The van der Waals surface area contributed by atoms with Crippen LogP contribution in [0.5, 0.6) is 0 Å². The summed E-state index contributed by atoms with van der Waals surface area (Å²) in [5, 5.41) is 2.58. The van der Waals surface area contributed by atoms with Crippen molar-refractivity contribution < 1.29 is 9.18 Å². The van der Waals surface area contributed by atoms with Crippen molar-refractivity contribution >= 4 is 21.8 Å². The van der Waals surface area contributed by atoms with Crippen molar-refractivity contribution in [3.8, 4) is 0 Å². The highest BCUT2D eigenvalue weighted by atomic mass is 79.9. The highest BCUT2D eigenvalue weighted by Crippen LogP contribution is 2.18. The van der Waals surface area contributed by atoms with Gasteiger partial charge in [0.2, 0.25) is 0 Å². The minimum absolute atomic E-state index is 0.0126. The van der Waals surface area contributed by atoms with Crippen molar-refractivity contribution in [3.63, 3.8) is 0 Å². The van der Waals surface area contributed by atoms with Crippen LogP contribution < -0.4 is 11.1 Å². The molecule has 16 heavy (non-hydrogen) atoms. The Hall–Kier alpha value is -0.940. The van der Waals surface area contributed by atoms with Gasteiger partial charge in [0.15, 0.2) is 0 Å². The van der Waals surface area contributed by atoms with Crippen LogP contribution in [0.25, 0.3) is 0 Å². The summed E-state index contributed by atoms with van der Waals surface area (Å²) in [6, 6.07) is 4.58. The number of carbonyl (C=O) groups excluding carboxylic acids is 1. The van der Waals surface area contributed by atoms with Crippen LogP contribution in [-0.4, -0.2) is 18.0 Å². The normalized spacial score (nSPS) is 11.3. The van der Waals surface area contributed by atoms with Crippen molar-refractivity contribution in [3.05, 3.63) is 34.1 Å². The molecule has 3 nitrogen and oxygen atoms in total. The average molecular weight is 289 g/mol. The van der Waals surface area contributed by atoms with Crippen LogP contribution in [0, 0.1) is 5.82 Å². The molecular formula is C11H14BrFN2O. The number of carbonyl (C=O) groups is 1. The van der Waals surface area contributed by atoms with Gasteiger partial charge in [0.25, 0.3) is 5.91 Å². The lowest BCUT2D eigenvalue weighted by Crippen LogP contribution is -2.45. The van der Waals surface area contributed by atoms with E-state index in [-0.39, 0.29) is 16.6 Å². The van der Waals surface area contributed by atoms with E-state index in [0.29, 0.717) is 0 Å². The van der Waals surface area contributed by atoms with Crippen LogP contribution >= 0.6 is 15.9 Å². The van der Waals surface area contributed by atoms with Gasteiger partial charge in [-0.3, -0.25) is 4.79 Å². The smallest absolute Gasteiger partial charge is 0.254 e. The first-order chi connectivity index (χ1) is 7.31. The summed E-state index contributed by atoms with van der Waals surface area (Å²) in [6.45, 7) is 3.85. The molecule has 3 N–H and O–H groups in total. The standard InChI is InChI=1S/C11H14BrFN2O/c1-11(2,14)6-15-10(16)7-4-3-5-8(12)9(7)13/h3-5H,6,14H2,1-2H3,(H,15,16). The van der Waals surface area contributed by atoms with Crippen molar-refractivity contribution in [1.29, 1.82) is 0 Å². The number of rotatable bonds is 3. The Labute approximate surface area is 102 Å². The molecule has 88 valence electrons. The lowest BCUT2D eigenvalue weighted by molar-refractivity contribution is 0.0942. The average Bonchev–Trinajstić information content (AvgIpc) is 2.17. The van der Waals surface area contributed by atoms with Crippen LogP contribution in [0.1, 0.15) is 24.2 Å². The van der Waals surface area contributed by atoms with E-state index in [1.54, 1.807) is 26.0 Å². The molecule has 0 unspecified atom stereocenters. The maximum absolute atomic E-state index is 13.5. The van der Waals surface area contributed by atoms with Crippen molar-refractivity contribution in [2.75, 3.05) is 6.54 Å². The fourth-order valence-corrected chi connectivity index (χ4v) is 1.45. The second kappa shape index (κ2) is 4.93. The molecular weight excluding hydrogens is 275 g/mol. The van der Waals surface area contributed by atoms with E-state index < -0.39 is 17.3 Å². The van der Waals surface area contributed by atoms with E-state index in [0.717, 1.165) is 0 Å². The summed E-state index contributed by atoms with van der Waals surface area (Å²) >= 11 is 3.03. The van der Waals surface area contributed by atoms with Gasteiger partial charge in [-0.15, -0.1) is 0 Å². The number of nitrogens with one attached hydrogen (secondary N) is 1. The minimum atomic E-state index is -0.560. The van der Waals surface area contributed by atoms with Crippen molar-refractivity contribution in [2.45, 2.75) is 19.4 Å². The number of benzene rings is 1. The summed E-state index contributed by atoms with van der Waals surface area (Å²) in [6.07, 6.45) is 0. The summed E-state index contributed by atoms with van der Waals surface area (Å²) in [5.41, 5.74) is 5.21. The molecule has 0 saturated carbocycles. The Morgan fingerprint density at radius 2 is 2.19 bits per heavy atom. The van der Waals surface area contributed by atoms with Crippen LogP contribution in [0.4, 0.5) is 4.39 Å². The number of hydrogen-bond donors (Lipinski definition) is 2. The number of hydrogen-bond acceptors (Lipinski definition) is 2. The summed E-state index contributed by atoms with van der Waals surface area (Å²) < 4.78 is 13.8. The Morgan fingerprint density at radius 1 is 1.56 bits per heavy atom. The molecule has 1 rings (SSSR count). The van der Waals surface area contributed by atoms with Gasteiger partial charge in [0, 0.05) is 12.1 Å². The molecule has 1 aromatic carbocycles. The molecule has 1 amide bonds. The lowest BCUT2D eigenvalue weighted by atomic mass is 10.1. The molecule has 1 aromatic rings. The number of amides is 1. The van der Waals surface area contributed by atoms with E-state index in [9.17, 15) is 9.18 Å². The summed E-state index contributed by atoms with van der Waals surface area (Å²) in [7, 11) is 0. The Bertz CT molecular complexity index is 401. The topological polar surface area (TPSA) is 55.1 Å². The van der Waals surface area contributed by atoms with E-state index in [4.69, 9.17) is 5.73 Å². The van der Waals surface area contributed by atoms with Crippen LogP contribution in [-0.2, 0) is 0 Å². The first kappa shape index (κ1) is 13.1. The Kier molecular flexibility index (Phi) is 4.04. The summed E-state index contributed by atoms with van der Waals surface area (Å²) in [5.74, 6) is -1.02. The zero-order valence-corrected chi connectivity index (χ0v) is 10.8. The van der Waals surface area contributed by atoms with E-state index in [1.807, 2.05) is 0 Å². The lowest BCUT2D eigenvalue weighted by Gasteiger charge is -2.19. The van der Waals surface area contributed by atoms with Gasteiger partial charge in [-0.2, -0.15) is 0 Å². The highest BCUT2D eigenvalue weighted by molar-refractivity contribution is 9.10. The molecule has 0 atom stereocenters. The van der Waals surface area contributed by atoms with Gasteiger partial charge in [-0.1, -0.05) is 6.07 Å². The zero-order valence-electron chi connectivity index (χ0n) is 9.18. The monoisotopic (exact) mass is 288 g/mol. The highest BCUT2D eigenvalue weighted by Gasteiger charge is 2.16. The zero-order chi connectivity index (χ0) is 12.3. The third-order valence-corrected chi connectivity index (χ3v) is 2.51. The van der Waals surface area contributed by atoms with Gasteiger partial charge >= 0.3 is 0 Å². The van der Waals surface area contributed by atoms with Gasteiger partial charge in [0.05, 0.1) is 10.0 Å². The molecule has 5 heteroatoms. The molecule has 0 radical (unpaired) electrons. The summed E-state index contributed by atoms with van der Waals surface area (Å²) in [4.78, 5) is 11.6. The fraction of sp³-hybridized carbons (Fsp3) is 0.364. The van der Waals surface area contributed by atoms with Crippen LogP contribution in [0.2, 0.25) is 0 Å². The molecule has 0 heterocycles. The van der Waals surface area contributed by atoms with E-state index >= 15 is 0 Å². The fourth-order valence-electron chi connectivity index (χ4n) is 1.08. The van der Waals surface area contributed by atoms with Gasteiger partial charge in [-0.05, 0) is 41.9 Å². The molecule has 0 bridgehead atoms. The Morgan fingerprint density at radius 3 is 2.75 bits per heavy atom. The maximum Gasteiger partial charge on any atom is 0.254 e.